The lowest BCUT2D eigenvalue weighted by Gasteiger charge is -2.11. The minimum atomic E-state index is -0.176. The highest BCUT2D eigenvalue weighted by molar-refractivity contribution is 4.54. The van der Waals surface area contributed by atoms with E-state index in [1.54, 1.807) is 4.70 Å². The van der Waals surface area contributed by atoms with E-state index in [1.807, 2.05) is 34.9 Å². The Morgan fingerprint density at radius 3 is 1.78 bits per heavy atom. The van der Waals surface area contributed by atoms with Gasteiger partial charge < -0.3 is 4.84 Å². The van der Waals surface area contributed by atoms with Crippen molar-refractivity contribution in [2.75, 3.05) is 14.1 Å². The first-order valence-electron chi connectivity index (χ1n) is 2.98. The third-order valence-electron chi connectivity index (χ3n) is 0.478. The van der Waals surface area contributed by atoms with Gasteiger partial charge in [0.1, 0.15) is 5.60 Å². The van der Waals surface area contributed by atoms with Crippen molar-refractivity contribution in [2.45, 2.75) is 26.4 Å². The van der Waals surface area contributed by atoms with E-state index in [2.05, 4.69) is 5.28 Å². The quantitative estimate of drug-likeness (QED) is 0.300. The molecule has 0 rings (SSSR count). The van der Waals surface area contributed by atoms with Gasteiger partial charge in [0.25, 0.3) is 0 Å². The van der Waals surface area contributed by atoms with Crippen LogP contribution in [0.1, 0.15) is 20.8 Å². The van der Waals surface area contributed by atoms with E-state index in [0.717, 1.165) is 0 Å². The Kier molecular flexibility index (Phi) is 2.62. The van der Waals surface area contributed by atoms with E-state index >= 15 is 0 Å². The van der Waals surface area contributed by atoms with Gasteiger partial charge in [0.2, 0.25) is 0 Å². The molecule has 3 nitrogen and oxygen atoms in total. The van der Waals surface area contributed by atoms with Crippen molar-refractivity contribution in [3.05, 3.63) is 0 Å². The van der Waals surface area contributed by atoms with Gasteiger partial charge in [-0.05, 0) is 20.8 Å². The highest BCUT2D eigenvalue weighted by atomic mass is 16.7. The smallest absolute Gasteiger partial charge is 0.186 e. The molecule has 0 radical (unpaired) electrons. The van der Waals surface area contributed by atoms with Crippen LogP contribution in [0.2, 0.25) is 0 Å². The van der Waals surface area contributed by atoms with Gasteiger partial charge in [0, 0.05) is 0 Å². The molecule has 0 fully saturated rings. The molecule has 0 aliphatic carbocycles. The summed E-state index contributed by atoms with van der Waals surface area (Å²) in [6, 6.07) is 0. The minimum Gasteiger partial charge on any atom is -0.342 e. The van der Waals surface area contributed by atoms with Crippen molar-refractivity contribution in [2.24, 2.45) is 5.28 Å². The molecule has 0 saturated carbocycles. The molecule has 0 heterocycles. The second-order valence-electron chi connectivity index (χ2n) is 3.13. The molecule has 0 aromatic carbocycles. The molecule has 9 heavy (non-hydrogen) atoms. The topological polar surface area (TPSA) is 24.6 Å². The molecule has 0 aromatic rings. The Morgan fingerprint density at radius 2 is 1.67 bits per heavy atom. The second kappa shape index (κ2) is 2.80. The van der Waals surface area contributed by atoms with Crippen molar-refractivity contribution in [1.29, 1.82) is 0 Å². The highest BCUT2D eigenvalue weighted by Crippen LogP contribution is 2.05. The Morgan fingerprint density at radius 1 is 1.22 bits per heavy atom. The van der Waals surface area contributed by atoms with Gasteiger partial charge in [-0.2, -0.15) is 0 Å². The largest absolute Gasteiger partial charge is 0.342 e. The molecule has 0 amide bonds. The SMILES string of the molecule is C[N+](C)=NOC(C)(C)C. The molecule has 54 valence electrons. The highest BCUT2D eigenvalue weighted by Gasteiger charge is 2.11. The van der Waals surface area contributed by atoms with Crippen molar-refractivity contribution in [3.8, 4) is 0 Å². The van der Waals surface area contributed by atoms with Crippen molar-refractivity contribution < 1.29 is 9.53 Å². The monoisotopic (exact) mass is 131 g/mol. The molecular formula is C6H15N2O+. The van der Waals surface area contributed by atoms with Crippen LogP contribution >= 0.6 is 0 Å². The summed E-state index contributed by atoms with van der Waals surface area (Å²) >= 11 is 0. The lowest BCUT2D eigenvalue weighted by molar-refractivity contribution is -0.570. The molecule has 3 heteroatoms. The zero-order valence-corrected chi connectivity index (χ0v) is 6.80. The third-order valence-corrected chi connectivity index (χ3v) is 0.478. The van der Waals surface area contributed by atoms with Crippen molar-refractivity contribution in [1.82, 2.24) is 0 Å². The predicted octanol–water partition coefficient (Wildman–Crippen LogP) is 1.44. The molecule has 0 unspecified atom stereocenters. The molecular weight excluding hydrogens is 116 g/mol. The summed E-state index contributed by atoms with van der Waals surface area (Å²) in [5.41, 5.74) is -0.176. The summed E-state index contributed by atoms with van der Waals surface area (Å²) in [7, 11) is 3.65. The third kappa shape index (κ3) is 7.40. The normalized spacial score (nSPS) is 10.8. The van der Waals surface area contributed by atoms with Gasteiger partial charge in [-0.15, -0.1) is 0 Å². The Labute approximate surface area is 56.3 Å². The Hall–Kier alpha value is -0.600. The average molecular weight is 131 g/mol. The summed E-state index contributed by atoms with van der Waals surface area (Å²) in [4.78, 5) is 5.04. The van der Waals surface area contributed by atoms with Crippen LogP contribution in [-0.4, -0.2) is 24.4 Å². The second-order valence-corrected chi connectivity index (χ2v) is 3.13. The molecule has 0 N–H and O–H groups in total. The Bertz CT molecular complexity index is 109. The van der Waals surface area contributed by atoms with Crippen LogP contribution < -0.4 is 0 Å². The van der Waals surface area contributed by atoms with E-state index in [4.69, 9.17) is 4.84 Å². The van der Waals surface area contributed by atoms with Crippen LogP contribution in [0.25, 0.3) is 0 Å². The zero-order chi connectivity index (χ0) is 7.49. The number of hydrogen-bond acceptors (Lipinski definition) is 2. The molecule has 0 spiro atoms. The first-order valence-corrected chi connectivity index (χ1v) is 2.98. The number of nitrogens with zero attached hydrogens (tertiary/aromatic N) is 2. The van der Waals surface area contributed by atoms with E-state index in [9.17, 15) is 0 Å². The van der Waals surface area contributed by atoms with Crippen LogP contribution in [0.3, 0.4) is 0 Å². The van der Waals surface area contributed by atoms with Crippen LogP contribution in [0.15, 0.2) is 5.28 Å². The number of rotatable bonds is 1. The fraction of sp³-hybridized carbons (Fsp3) is 1.00. The summed E-state index contributed by atoms with van der Waals surface area (Å²) < 4.78 is 1.63. The van der Waals surface area contributed by atoms with Gasteiger partial charge in [-0.1, -0.05) is 4.70 Å². The summed E-state index contributed by atoms with van der Waals surface area (Å²) in [6.07, 6.45) is 0. The van der Waals surface area contributed by atoms with Crippen LogP contribution in [0.5, 0.6) is 0 Å². The lowest BCUT2D eigenvalue weighted by Crippen LogP contribution is -2.16. The first-order chi connectivity index (χ1) is 3.92. The predicted molar refractivity (Wildman–Crippen MR) is 35.4 cm³/mol. The molecule has 0 aliphatic heterocycles. The van der Waals surface area contributed by atoms with Gasteiger partial charge in [-0.25, -0.2) is 0 Å². The maximum Gasteiger partial charge on any atom is 0.186 e. The zero-order valence-electron chi connectivity index (χ0n) is 6.80. The molecule has 0 atom stereocenters. The Balaban J connectivity index is 3.64. The van der Waals surface area contributed by atoms with Gasteiger partial charge >= 0.3 is 0 Å². The van der Waals surface area contributed by atoms with Crippen LogP contribution in [0, 0.1) is 0 Å². The fourth-order valence-electron chi connectivity index (χ4n) is 0.204. The van der Waals surface area contributed by atoms with Gasteiger partial charge in [0.05, 0.1) is 0 Å². The maximum atomic E-state index is 5.04. The number of hydrogen-bond donors (Lipinski definition) is 0. The van der Waals surface area contributed by atoms with E-state index in [0.29, 0.717) is 0 Å². The maximum absolute atomic E-state index is 5.04. The van der Waals surface area contributed by atoms with E-state index in [1.165, 1.54) is 0 Å². The van der Waals surface area contributed by atoms with Crippen molar-refractivity contribution in [3.63, 3.8) is 0 Å². The van der Waals surface area contributed by atoms with E-state index in [-0.39, 0.29) is 5.60 Å². The van der Waals surface area contributed by atoms with Gasteiger partial charge in [-0.3, -0.25) is 0 Å². The first kappa shape index (κ1) is 8.40. The van der Waals surface area contributed by atoms with Crippen molar-refractivity contribution >= 4 is 0 Å². The van der Waals surface area contributed by atoms with Crippen LogP contribution in [0.4, 0.5) is 0 Å². The summed E-state index contributed by atoms with van der Waals surface area (Å²) in [5.74, 6) is 0. The molecule has 0 saturated heterocycles. The average Bonchev–Trinajstić information content (AvgIpc) is 1.59. The standard InChI is InChI=1S/C6H15N2O/c1-6(2,3)9-7-8(4)5/h1-5H3/q+1. The fourth-order valence-corrected chi connectivity index (χ4v) is 0.204. The molecule has 0 aromatic heterocycles. The molecule has 0 bridgehead atoms. The van der Waals surface area contributed by atoms with Gasteiger partial charge in [0.15, 0.2) is 19.4 Å². The minimum absolute atomic E-state index is 0.176. The van der Waals surface area contributed by atoms with Crippen LogP contribution in [-0.2, 0) is 4.84 Å². The summed E-state index contributed by atoms with van der Waals surface area (Å²) in [6.45, 7) is 5.88. The van der Waals surface area contributed by atoms with E-state index < -0.39 is 0 Å². The lowest BCUT2D eigenvalue weighted by atomic mass is 10.2. The summed E-state index contributed by atoms with van der Waals surface area (Å²) in [5, 5.41) is 3.73. The molecule has 0 aliphatic rings.